The fourth-order valence-corrected chi connectivity index (χ4v) is 1.96. The zero-order valence-corrected chi connectivity index (χ0v) is 5.52. The van der Waals surface area contributed by atoms with Gasteiger partial charge in [0.05, 0.1) is 5.75 Å². The fraction of sp³-hybridized carbons (Fsp3) is 0.750. The Bertz CT molecular complexity index is 230. The number of carbonyl (C=O) groups is 1. The molecule has 0 aromatic carbocycles. The van der Waals surface area contributed by atoms with E-state index in [-0.39, 0.29) is 5.75 Å². The third-order valence-electron chi connectivity index (χ3n) is 1.42. The molecule has 1 atom stereocenters. The third kappa shape index (κ3) is 0.917. The summed E-state index contributed by atoms with van der Waals surface area (Å²) in [6.45, 7) is 0. The second-order valence-electron chi connectivity index (χ2n) is 2.05. The van der Waals surface area contributed by atoms with Gasteiger partial charge in [-0.2, -0.15) is 0 Å². The number of primary amides is 1. The molecule has 52 valence electrons. The molecule has 1 saturated heterocycles. The number of carbonyl (C=O) groups excluding carboxylic acids is 1. The van der Waals surface area contributed by atoms with E-state index in [2.05, 4.69) is 0 Å². The smallest absolute Gasteiger partial charge is 0.235 e. The predicted octanol–water partition coefficient (Wildman–Crippen LogP) is -1.34. The third-order valence-corrected chi connectivity index (χ3v) is 3.56. The maximum absolute atomic E-state index is 10.6. The number of nitrogens with two attached hydrogens (primary N) is 1. The summed E-state index contributed by atoms with van der Waals surface area (Å²) in [5.74, 6) is -0.609. The Morgan fingerprint density at radius 3 is 2.11 bits per heavy atom. The minimum absolute atomic E-state index is 0.112. The summed E-state index contributed by atoms with van der Waals surface area (Å²) in [5.41, 5.74) is 4.76. The summed E-state index contributed by atoms with van der Waals surface area (Å²) >= 11 is 0. The van der Waals surface area contributed by atoms with Gasteiger partial charge in [0.2, 0.25) is 5.91 Å². The molecule has 9 heavy (non-hydrogen) atoms. The van der Waals surface area contributed by atoms with Crippen LogP contribution >= 0.6 is 0 Å². The van der Waals surface area contributed by atoms with Crippen molar-refractivity contribution < 1.29 is 13.2 Å². The van der Waals surface area contributed by atoms with E-state index in [9.17, 15) is 13.2 Å². The van der Waals surface area contributed by atoms with E-state index in [1.54, 1.807) is 0 Å². The number of sulfone groups is 1. The molecule has 0 saturated carbocycles. The molecule has 0 radical (unpaired) electrons. The number of amides is 1. The van der Waals surface area contributed by atoms with E-state index in [4.69, 9.17) is 5.73 Å². The Hall–Kier alpha value is -0.580. The first-order valence-electron chi connectivity index (χ1n) is 2.55. The Morgan fingerprint density at radius 1 is 1.56 bits per heavy atom. The van der Waals surface area contributed by atoms with Crippen LogP contribution in [0.2, 0.25) is 0 Å². The highest BCUT2D eigenvalue weighted by Crippen LogP contribution is 2.19. The molecule has 1 unspecified atom stereocenters. The molecule has 4 nitrogen and oxygen atoms in total. The molecule has 2 N–H and O–H groups in total. The van der Waals surface area contributed by atoms with Crippen LogP contribution in [0.1, 0.15) is 6.42 Å². The molecule has 0 aromatic heterocycles. The minimum Gasteiger partial charge on any atom is -0.369 e. The maximum atomic E-state index is 10.6. The molecular formula is C4H7NO3S. The summed E-state index contributed by atoms with van der Waals surface area (Å²) in [7, 11) is -3.10. The number of hydrogen-bond acceptors (Lipinski definition) is 3. The van der Waals surface area contributed by atoms with Gasteiger partial charge < -0.3 is 5.73 Å². The second kappa shape index (κ2) is 1.70. The van der Waals surface area contributed by atoms with Crippen LogP contribution in [0.5, 0.6) is 0 Å². The Morgan fingerprint density at radius 2 is 2.11 bits per heavy atom. The molecule has 1 heterocycles. The van der Waals surface area contributed by atoms with Crippen molar-refractivity contribution in [3.05, 3.63) is 0 Å². The summed E-state index contributed by atoms with van der Waals surface area (Å²) < 4.78 is 21.1. The lowest BCUT2D eigenvalue weighted by atomic mass is 10.3. The molecule has 0 bridgehead atoms. The van der Waals surface area contributed by atoms with E-state index in [0.717, 1.165) is 0 Å². The van der Waals surface area contributed by atoms with Crippen LogP contribution in [0.15, 0.2) is 0 Å². The van der Waals surface area contributed by atoms with Crippen LogP contribution in [-0.4, -0.2) is 25.3 Å². The zero-order valence-electron chi connectivity index (χ0n) is 4.70. The fourth-order valence-electron chi connectivity index (χ4n) is 0.747. The Balaban J connectivity index is 2.79. The summed E-state index contributed by atoms with van der Waals surface area (Å²) in [6.07, 6.45) is 0.400. The summed E-state index contributed by atoms with van der Waals surface area (Å²) in [5, 5.41) is -0.891. The van der Waals surface area contributed by atoms with Crippen molar-refractivity contribution in [1.82, 2.24) is 0 Å². The van der Waals surface area contributed by atoms with Crippen molar-refractivity contribution in [3.8, 4) is 0 Å². The molecule has 1 fully saturated rings. The van der Waals surface area contributed by atoms with Crippen LogP contribution in [0.25, 0.3) is 0 Å². The Kier molecular flexibility index (Phi) is 1.23. The van der Waals surface area contributed by atoms with Crippen LogP contribution in [0, 0.1) is 0 Å². The van der Waals surface area contributed by atoms with E-state index < -0.39 is 21.0 Å². The van der Waals surface area contributed by atoms with Crippen LogP contribution in [-0.2, 0) is 14.6 Å². The molecule has 1 aliphatic rings. The molecule has 0 spiro atoms. The lowest BCUT2D eigenvalue weighted by Gasteiger charge is -2.21. The van der Waals surface area contributed by atoms with Gasteiger partial charge in [0.25, 0.3) is 0 Å². The molecule has 0 aromatic rings. The molecular weight excluding hydrogens is 142 g/mol. The van der Waals surface area contributed by atoms with Gasteiger partial charge in [-0.25, -0.2) is 8.42 Å². The van der Waals surface area contributed by atoms with Crippen molar-refractivity contribution in [2.45, 2.75) is 11.7 Å². The van der Waals surface area contributed by atoms with Crippen molar-refractivity contribution in [1.29, 1.82) is 0 Å². The standard InChI is InChI=1S/C4H7NO3S/c5-4(6)3-1-2-9(3,7)8/h3H,1-2H2,(H2,5,6). The highest BCUT2D eigenvalue weighted by atomic mass is 32.2. The number of hydrogen-bond donors (Lipinski definition) is 1. The largest absolute Gasteiger partial charge is 0.369 e. The molecule has 1 rings (SSSR count). The van der Waals surface area contributed by atoms with E-state index in [1.807, 2.05) is 0 Å². The van der Waals surface area contributed by atoms with Gasteiger partial charge in [0.15, 0.2) is 9.84 Å². The van der Waals surface area contributed by atoms with Crippen molar-refractivity contribution in [3.63, 3.8) is 0 Å². The zero-order chi connectivity index (χ0) is 7.07. The van der Waals surface area contributed by atoms with Gasteiger partial charge in [0, 0.05) is 0 Å². The first-order valence-corrected chi connectivity index (χ1v) is 4.26. The van der Waals surface area contributed by atoms with Crippen LogP contribution < -0.4 is 5.73 Å². The van der Waals surface area contributed by atoms with E-state index >= 15 is 0 Å². The van der Waals surface area contributed by atoms with Gasteiger partial charge in [-0.1, -0.05) is 0 Å². The first kappa shape index (κ1) is 6.54. The first-order chi connectivity index (χ1) is 4.04. The lowest BCUT2D eigenvalue weighted by Crippen LogP contribution is -2.46. The van der Waals surface area contributed by atoms with E-state index in [0.29, 0.717) is 6.42 Å². The normalized spacial score (nSPS) is 30.9. The molecule has 0 aliphatic carbocycles. The monoisotopic (exact) mass is 149 g/mol. The Labute approximate surface area is 53.0 Å². The van der Waals surface area contributed by atoms with Crippen LogP contribution in [0.4, 0.5) is 0 Å². The average Bonchev–Trinajstić information content (AvgIpc) is 1.62. The van der Waals surface area contributed by atoms with Crippen LogP contribution in [0.3, 0.4) is 0 Å². The van der Waals surface area contributed by atoms with Gasteiger partial charge in [0.1, 0.15) is 5.25 Å². The van der Waals surface area contributed by atoms with Crippen molar-refractivity contribution >= 4 is 15.7 Å². The maximum Gasteiger partial charge on any atom is 0.235 e. The van der Waals surface area contributed by atoms with Gasteiger partial charge in [-0.15, -0.1) is 0 Å². The topological polar surface area (TPSA) is 77.2 Å². The molecule has 1 amide bonds. The minimum atomic E-state index is -3.10. The van der Waals surface area contributed by atoms with Crippen molar-refractivity contribution in [2.75, 3.05) is 5.75 Å². The highest BCUT2D eigenvalue weighted by molar-refractivity contribution is 7.94. The average molecular weight is 149 g/mol. The predicted molar refractivity (Wildman–Crippen MR) is 31.4 cm³/mol. The van der Waals surface area contributed by atoms with Gasteiger partial charge >= 0.3 is 0 Å². The highest BCUT2D eigenvalue weighted by Gasteiger charge is 2.39. The summed E-state index contributed by atoms with van der Waals surface area (Å²) in [6, 6.07) is 0. The van der Waals surface area contributed by atoms with Gasteiger partial charge in [-0.3, -0.25) is 4.79 Å². The molecule has 1 aliphatic heterocycles. The lowest BCUT2D eigenvalue weighted by molar-refractivity contribution is -0.117. The SMILES string of the molecule is NC(=O)C1CCS1(=O)=O. The molecule has 5 heteroatoms. The quantitative estimate of drug-likeness (QED) is 0.501. The number of rotatable bonds is 1. The van der Waals surface area contributed by atoms with Crippen molar-refractivity contribution in [2.24, 2.45) is 5.73 Å². The van der Waals surface area contributed by atoms with Gasteiger partial charge in [-0.05, 0) is 6.42 Å². The second-order valence-corrected chi connectivity index (χ2v) is 4.35. The van der Waals surface area contributed by atoms with E-state index in [1.165, 1.54) is 0 Å². The summed E-state index contributed by atoms with van der Waals surface area (Å²) in [4.78, 5) is 10.2.